The molecule has 1 atom stereocenters. The van der Waals surface area contributed by atoms with Crippen LogP contribution in [0.5, 0.6) is 5.75 Å². The second kappa shape index (κ2) is 6.87. The molecule has 0 unspecified atom stereocenters. The van der Waals surface area contributed by atoms with Gasteiger partial charge in [-0.05, 0) is 60.9 Å². The number of carbonyl (C=O) groups is 1. The molecule has 2 aromatic carbocycles. The van der Waals surface area contributed by atoms with E-state index in [1.54, 1.807) is 19.2 Å². The number of rotatable bonds is 4. The molecule has 6 heteroatoms. The molecule has 0 radical (unpaired) electrons. The van der Waals surface area contributed by atoms with Gasteiger partial charge in [0, 0.05) is 12.1 Å². The van der Waals surface area contributed by atoms with Crippen molar-refractivity contribution >= 4 is 17.3 Å². The molecule has 0 amide bonds. The Bertz CT molecular complexity index is 978. The third-order valence-electron chi connectivity index (χ3n) is 4.76. The second-order valence-corrected chi connectivity index (χ2v) is 6.85. The maximum absolute atomic E-state index is 13.2. The van der Waals surface area contributed by atoms with Gasteiger partial charge in [0.15, 0.2) is 11.6 Å². The van der Waals surface area contributed by atoms with Crippen molar-refractivity contribution in [1.29, 1.82) is 0 Å². The van der Waals surface area contributed by atoms with Crippen LogP contribution in [-0.4, -0.2) is 22.7 Å². The summed E-state index contributed by atoms with van der Waals surface area (Å²) in [5, 5.41) is 7.84. The largest absolute Gasteiger partial charge is 0.497 e. The fraction of sp³-hybridized carbons (Fsp3) is 0.238. The number of ketones is 1. The third-order valence-corrected chi connectivity index (χ3v) is 4.76. The number of hydrogen-bond donors (Lipinski definition) is 1. The van der Waals surface area contributed by atoms with Crippen molar-refractivity contribution in [3.63, 3.8) is 0 Å². The van der Waals surface area contributed by atoms with Gasteiger partial charge in [-0.1, -0.05) is 6.92 Å². The molecular weight excluding hydrogens is 345 g/mol. The summed E-state index contributed by atoms with van der Waals surface area (Å²) in [6.45, 7) is 2.07. The molecule has 1 heterocycles. The summed E-state index contributed by atoms with van der Waals surface area (Å²) >= 11 is 0. The number of ether oxygens (including phenoxy) is 1. The number of hydrogen-bond acceptors (Lipinski definition) is 4. The summed E-state index contributed by atoms with van der Waals surface area (Å²) in [5.41, 5.74) is 3.06. The van der Waals surface area contributed by atoms with Gasteiger partial charge in [0.1, 0.15) is 11.6 Å². The number of nitrogens with zero attached hydrogens (tertiary/aromatic N) is 2. The summed E-state index contributed by atoms with van der Waals surface area (Å²) in [6.07, 6.45) is 1.27. The Morgan fingerprint density at radius 2 is 1.81 bits per heavy atom. The molecule has 1 aliphatic carbocycles. The van der Waals surface area contributed by atoms with E-state index in [0.717, 1.165) is 23.6 Å². The molecule has 1 aromatic heterocycles. The van der Waals surface area contributed by atoms with Gasteiger partial charge < -0.3 is 10.1 Å². The normalized spacial score (nSPS) is 16.1. The van der Waals surface area contributed by atoms with Crippen LogP contribution in [0.25, 0.3) is 5.69 Å². The van der Waals surface area contributed by atoms with Crippen LogP contribution < -0.4 is 10.1 Å². The lowest BCUT2D eigenvalue weighted by Gasteiger charge is -2.19. The predicted octanol–water partition coefficient (Wildman–Crippen LogP) is 4.53. The van der Waals surface area contributed by atoms with Crippen molar-refractivity contribution in [3.05, 3.63) is 65.6 Å². The fourth-order valence-electron chi connectivity index (χ4n) is 3.45. The molecule has 0 saturated heterocycles. The van der Waals surface area contributed by atoms with E-state index < -0.39 is 0 Å². The number of benzene rings is 2. The Hall–Kier alpha value is -3.15. The highest BCUT2D eigenvalue weighted by Gasteiger charge is 2.31. The molecule has 5 nitrogen and oxygen atoms in total. The summed E-state index contributed by atoms with van der Waals surface area (Å²) in [5.74, 6) is 1.29. The van der Waals surface area contributed by atoms with Crippen molar-refractivity contribution in [2.75, 3.05) is 12.4 Å². The highest BCUT2D eigenvalue weighted by atomic mass is 19.1. The maximum atomic E-state index is 13.2. The van der Waals surface area contributed by atoms with Gasteiger partial charge >= 0.3 is 0 Å². The number of Topliss-reactive ketones (excluding diaryl/α,β-unsaturated/α-hetero) is 1. The highest BCUT2D eigenvalue weighted by Crippen LogP contribution is 2.34. The van der Waals surface area contributed by atoms with Crippen LogP contribution in [0, 0.1) is 11.7 Å². The number of methoxy groups -OCH3 is 1. The molecule has 1 N–H and O–H groups in total. The van der Waals surface area contributed by atoms with Gasteiger partial charge in [-0.3, -0.25) is 4.79 Å². The van der Waals surface area contributed by atoms with Crippen molar-refractivity contribution in [2.45, 2.75) is 19.8 Å². The van der Waals surface area contributed by atoms with E-state index in [2.05, 4.69) is 17.3 Å². The SMILES string of the molecule is COc1ccc(-n2nc(Nc3ccc(F)cc3)c3c2C[C@H](C)CC3=O)cc1. The van der Waals surface area contributed by atoms with Crippen LogP contribution in [0.4, 0.5) is 15.9 Å². The van der Waals surface area contributed by atoms with E-state index >= 15 is 0 Å². The Balaban J connectivity index is 1.79. The van der Waals surface area contributed by atoms with E-state index in [1.165, 1.54) is 12.1 Å². The Kier molecular flexibility index (Phi) is 4.39. The molecule has 4 rings (SSSR count). The van der Waals surface area contributed by atoms with Crippen molar-refractivity contribution < 1.29 is 13.9 Å². The first-order valence-electron chi connectivity index (χ1n) is 8.87. The van der Waals surface area contributed by atoms with Crippen LogP contribution in [0.1, 0.15) is 29.4 Å². The van der Waals surface area contributed by atoms with E-state index in [4.69, 9.17) is 4.74 Å². The first kappa shape index (κ1) is 17.3. The highest BCUT2D eigenvalue weighted by molar-refractivity contribution is 6.03. The average molecular weight is 365 g/mol. The lowest BCUT2D eigenvalue weighted by Crippen LogP contribution is -2.19. The van der Waals surface area contributed by atoms with Gasteiger partial charge in [0.05, 0.1) is 24.1 Å². The molecule has 0 saturated carbocycles. The lowest BCUT2D eigenvalue weighted by atomic mass is 9.87. The molecule has 0 aliphatic heterocycles. The average Bonchev–Trinajstić information content (AvgIpc) is 3.02. The minimum Gasteiger partial charge on any atom is -0.497 e. The number of anilines is 2. The van der Waals surface area contributed by atoms with E-state index in [1.807, 2.05) is 28.9 Å². The molecule has 138 valence electrons. The molecule has 1 aliphatic rings. The molecule has 0 bridgehead atoms. The van der Waals surface area contributed by atoms with Crippen LogP contribution in [-0.2, 0) is 6.42 Å². The summed E-state index contributed by atoms with van der Waals surface area (Å²) in [6, 6.07) is 13.6. The lowest BCUT2D eigenvalue weighted by molar-refractivity contribution is 0.0953. The van der Waals surface area contributed by atoms with Gasteiger partial charge in [-0.15, -0.1) is 5.10 Å². The zero-order chi connectivity index (χ0) is 19.0. The summed E-state index contributed by atoms with van der Waals surface area (Å²) < 4.78 is 20.2. The zero-order valence-electron chi connectivity index (χ0n) is 15.2. The Morgan fingerprint density at radius 1 is 1.11 bits per heavy atom. The quantitative estimate of drug-likeness (QED) is 0.738. The van der Waals surface area contributed by atoms with Crippen LogP contribution in [0.2, 0.25) is 0 Å². The molecule has 3 aromatic rings. The van der Waals surface area contributed by atoms with Gasteiger partial charge in [-0.25, -0.2) is 9.07 Å². The number of aromatic nitrogens is 2. The first-order chi connectivity index (χ1) is 13.0. The van der Waals surface area contributed by atoms with Gasteiger partial charge in [0.25, 0.3) is 0 Å². The van der Waals surface area contributed by atoms with E-state index in [9.17, 15) is 9.18 Å². The Morgan fingerprint density at radius 3 is 2.48 bits per heavy atom. The molecule has 0 fully saturated rings. The van der Waals surface area contributed by atoms with E-state index in [-0.39, 0.29) is 17.5 Å². The first-order valence-corrected chi connectivity index (χ1v) is 8.87. The minimum absolute atomic E-state index is 0.0770. The molecule has 0 spiro atoms. The minimum atomic E-state index is -0.309. The number of halogens is 1. The zero-order valence-corrected chi connectivity index (χ0v) is 15.2. The molecule has 27 heavy (non-hydrogen) atoms. The topological polar surface area (TPSA) is 56.1 Å². The monoisotopic (exact) mass is 365 g/mol. The number of carbonyl (C=O) groups excluding carboxylic acids is 1. The smallest absolute Gasteiger partial charge is 0.168 e. The molecular formula is C21H20FN3O2. The third kappa shape index (κ3) is 3.30. The van der Waals surface area contributed by atoms with Crippen LogP contribution >= 0.6 is 0 Å². The summed E-state index contributed by atoms with van der Waals surface area (Å²) in [4.78, 5) is 12.7. The van der Waals surface area contributed by atoms with Gasteiger partial charge in [-0.2, -0.15) is 0 Å². The number of nitrogens with one attached hydrogen (secondary N) is 1. The van der Waals surface area contributed by atoms with Crippen LogP contribution in [0.15, 0.2) is 48.5 Å². The van der Waals surface area contributed by atoms with Crippen LogP contribution in [0.3, 0.4) is 0 Å². The Labute approximate surface area is 156 Å². The summed E-state index contributed by atoms with van der Waals surface area (Å²) in [7, 11) is 1.62. The van der Waals surface area contributed by atoms with Crippen molar-refractivity contribution in [3.8, 4) is 11.4 Å². The van der Waals surface area contributed by atoms with E-state index in [0.29, 0.717) is 23.5 Å². The van der Waals surface area contributed by atoms with Crippen molar-refractivity contribution in [2.24, 2.45) is 5.92 Å². The maximum Gasteiger partial charge on any atom is 0.168 e. The van der Waals surface area contributed by atoms with Crippen molar-refractivity contribution in [1.82, 2.24) is 9.78 Å². The standard InChI is InChI=1S/C21H20FN3O2/c1-13-11-18-20(19(26)12-13)21(23-15-5-3-14(22)4-6-15)24-25(18)16-7-9-17(27-2)10-8-16/h3-10,13H,11-12H2,1-2H3,(H,23,24)/t13-/m0/s1. The predicted molar refractivity (Wildman–Crippen MR) is 102 cm³/mol. The fourth-order valence-corrected chi connectivity index (χ4v) is 3.45. The second-order valence-electron chi connectivity index (χ2n) is 6.85. The number of fused-ring (bicyclic) bond motifs is 1. The van der Waals surface area contributed by atoms with Gasteiger partial charge in [0.2, 0.25) is 0 Å².